The maximum absolute atomic E-state index is 13.0. The molecule has 1 amide bonds. The van der Waals surface area contributed by atoms with E-state index < -0.39 is 0 Å². The van der Waals surface area contributed by atoms with E-state index in [0.29, 0.717) is 23.7 Å². The van der Waals surface area contributed by atoms with Crippen LogP contribution in [0.1, 0.15) is 34.5 Å². The van der Waals surface area contributed by atoms with Crippen molar-refractivity contribution in [3.63, 3.8) is 0 Å². The van der Waals surface area contributed by atoms with E-state index in [9.17, 15) is 4.79 Å². The summed E-state index contributed by atoms with van der Waals surface area (Å²) in [5, 5.41) is 0.488. The van der Waals surface area contributed by atoms with E-state index in [1.807, 2.05) is 36.0 Å². The predicted molar refractivity (Wildman–Crippen MR) is 108 cm³/mol. The number of fused-ring (bicyclic) bond motifs is 1. The Morgan fingerprint density at radius 1 is 1.11 bits per heavy atom. The fourth-order valence-electron chi connectivity index (χ4n) is 3.79. The zero-order valence-corrected chi connectivity index (χ0v) is 16.5. The van der Waals surface area contributed by atoms with Gasteiger partial charge < -0.3 is 14.7 Å². The Bertz CT molecular complexity index is 863. The number of benzene rings is 1. The van der Waals surface area contributed by atoms with Crippen molar-refractivity contribution in [3.8, 4) is 0 Å². The average Bonchev–Trinajstić information content (AvgIpc) is 3.21. The Balaban J connectivity index is 1.65. The van der Waals surface area contributed by atoms with Gasteiger partial charge in [-0.05, 0) is 25.0 Å². The van der Waals surface area contributed by atoms with E-state index in [0.717, 1.165) is 42.5 Å². The van der Waals surface area contributed by atoms with Gasteiger partial charge in [-0.25, -0.2) is 4.98 Å². The second-order valence-electron chi connectivity index (χ2n) is 7.32. The van der Waals surface area contributed by atoms with E-state index in [1.165, 1.54) is 12.8 Å². The van der Waals surface area contributed by atoms with Crippen molar-refractivity contribution in [2.45, 2.75) is 25.8 Å². The minimum absolute atomic E-state index is 0.0421. The second-order valence-corrected chi connectivity index (χ2v) is 7.72. The highest BCUT2D eigenvalue weighted by atomic mass is 35.5. The molecule has 0 radical (unpaired) electrons. The molecule has 1 saturated heterocycles. The van der Waals surface area contributed by atoms with Crippen LogP contribution in [0.3, 0.4) is 0 Å². The Labute approximate surface area is 164 Å². The van der Waals surface area contributed by atoms with Crippen LogP contribution in [0.25, 0.3) is 0 Å². The zero-order valence-electron chi connectivity index (χ0n) is 15.8. The Morgan fingerprint density at radius 3 is 2.56 bits per heavy atom. The smallest absolute Gasteiger partial charge is 0.255 e. The van der Waals surface area contributed by atoms with Crippen molar-refractivity contribution in [1.82, 2.24) is 14.9 Å². The van der Waals surface area contributed by atoms with Gasteiger partial charge in [-0.15, -0.1) is 0 Å². The summed E-state index contributed by atoms with van der Waals surface area (Å²) in [5.41, 5.74) is 2.64. The quantitative estimate of drug-likeness (QED) is 0.813. The van der Waals surface area contributed by atoms with Gasteiger partial charge >= 0.3 is 0 Å². The van der Waals surface area contributed by atoms with Crippen LogP contribution >= 0.6 is 11.6 Å². The first-order valence-electron chi connectivity index (χ1n) is 9.40. The van der Waals surface area contributed by atoms with Gasteiger partial charge in [0, 0.05) is 45.7 Å². The molecule has 0 atom stereocenters. The number of aromatic nitrogens is 2. The Kier molecular flexibility index (Phi) is 4.91. The lowest BCUT2D eigenvalue weighted by atomic mass is 10.0. The SMILES string of the molecule is CN(C)c1nc(N2CCCC2)nc2c1CN(C(=O)c1ccccc1Cl)CC2. The number of carbonyl (C=O) groups excluding carboxylic acids is 1. The minimum Gasteiger partial charge on any atom is -0.362 e. The van der Waals surface area contributed by atoms with Crippen molar-refractivity contribution < 1.29 is 4.79 Å². The van der Waals surface area contributed by atoms with Crippen molar-refractivity contribution in [3.05, 3.63) is 46.1 Å². The van der Waals surface area contributed by atoms with E-state index in [-0.39, 0.29) is 5.91 Å². The van der Waals surface area contributed by atoms with Crippen LogP contribution in [-0.2, 0) is 13.0 Å². The lowest BCUT2D eigenvalue weighted by Gasteiger charge is -2.32. The highest BCUT2D eigenvalue weighted by Crippen LogP contribution is 2.30. The second kappa shape index (κ2) is 7.35. The molecular weight excluding hydrogens is 362 g/mol. The molecule has 0 N–H and O–H groups in total. The lowest BCUT2D eigenvalue weighted by molar-refractivity contribution is 0.0734. The molecule has 0 spiro atoms. The highest BCUT2D eigenvalue weighted by Gasteiger charge is 2.29. The normalized spacial score (nSPS) is 16.4. The number of rotatable bonds is 3. The fourth-order valence-corrected chi connectivity index (χ4v) is 4.01. The van der Waals surface area contributed by atoms with E-state index in [2.05, 4.69) is 4.90 Å². The number of hydrogen-bond donors (Lipinski definition) is 0. The van der Waals surface area contributed by atoms with E-state index >= 15 is 0 Å². The van der Waals surface area contributed by atoms with Gasteiger partial charge in [-0.1, -0.05) is 23.7 Å². The van der Waals surface area contributed by atoms with Crippen molar-refractivity contribution in [1.29, 1.82) is 0 Å². The standard InChI is InChI=1S/C20H24ClN5O/c1-24(2)18-15-13-26(19(27)14-7-3-4-8-16(14)21)12-9-17(15)22-20(23-18)25-10-5-6-11-25/h3-4,7-8H,5-6,9-13H2,1-2H3. The Hall–Kier alpha value is -2.34. The van der Waals surface area contributed by atoms with Crippen molar-refractivity contribution in [2.75, 3.05) is 43.5 Å². The van der Waals surface area contributed by atoms with Crippen LogP contribution in [0, 0.1) is 0 Å². The monoisotopic (exact) mass is 385 g/mol. The number of halogens is 1. The number of hydrogen-bond acceptors (Lipinski definition) is 5. The molecule has 4 rings (SSSR count). The summed E-state index contributed by atoms with van der Waals surface area (Å²) >= 11 is 6.23. The van der Waals surface area contributed by atoms with Gasteiger partial charge in [-0.3, -0.25) is 4.79 Å². The highest BCUT2D eigenvalue weighted by molar-refractivity contribution is 6.33. The molecule has 0 saturated carbocycles. The lowest BCUT2D eigenvalue weighted by Crippen LogP contribution is -2.38. The summed E-state index contributed by atoms with van der Waals surface area (Å²) < 4.78 is 0. The third-order valence-corrected chi connectivity index (χ3v) is 5.56. The molecule has 27 heavy (non-hydrogen) atoms. The van der Waals surface area contributed by atoms with Gasteiger partial charge in [0.15, 0.2) is 0 Å². The first kappa shape index (κ1) is 18.0. The van der Waals surface area contributed by atoms with Crippen molar-refractivity contribution in [2.24, 2.45) is 0 Å². The molecule has 142 valence electrons. The maximum Gasteiger partial charge on any atom is 0.255 e. The molecule has 1 aromatic carbocycles. The largest absolute Gasteiger partial charge is 0.362 e. The molecule has 7 heteroatoms. The topological polar surface area (TPSA) is 52.6 Å². The summed E-state index contributed by atoms with van der Waals surface area (Å²) in [5.74, 6) is 1.68. The first-order chi connectivity index (χ1) is 13.0. The molecular formula is C20H24ClN5O. The fraction of sp³-hybridized carbons (Fsp3) is 0.450. The summed E-state index contributed by atoms with van der Waals surface area (Å²) in [4.78, 5) is 28.8. The summed E-state index contributed by atoms with van der Waals surface area (Å²) in [6.45, 7) is 3.18. The minimum atomic E-state index is -0.0421. The van der Waals surface area contributed by atoms with Crippen LogP contribution in [0.2, 0.25) is 5.02 Å². The van der Waals surface area contributed by atoms with Gasteiger partial charge in [-0.2, -0.15) is 4.98 Å². The van der Waals surface area contributed by atoms with Gasteiger partial charge in [0.05, 0.1) is 22.8 Å². The third-order valence-electron chi connectivity index (χ3n) is 5.23. The van der Waals surface area contributed by atoms with E-state index in [4.69, 9.17) is 21.6 Å². The van der Waals surface area contributed by atoms with Crippen molar-refractivity contribution >= 4 is 29.3 Å². The predicted octanol–water partition coefficient (Wildman–Crippen LogP) is 2.99. The van der Waals surface area contributed by atoms with Crippen LogP contribution in [-0.4, -0.2) is 54.5 Å². The molecule has 0 bridgehead atoms. The van der Waals surface area contributed by atoms with Crippen LogP contribution in [0.5, 0.6) is 0 Å². The summed E-state index contributed by atoms with van der Waals surface area (Å²) in [6, 6.07) is 7.21. The molecule has 1 aromatic heterocycles. The molecule has 1 fully saturated rings. The first-order valence-corrected chi connectivity index (χ1v) is 9.78. The van der Waals surface area contributed by atoms with Crippen LogP contribution < -0.4 is 9.80 Å². The molecule has 2 aromatic rings. The maximum atomic E-state index is 13.0. The van der Waals surface area contributed by atoms with Crippen LogP contribution in [0.4, 0.5) is 11.8 Å². The molecule has 2 aliphatic heterocycles. The average molecular weight is 386 g/mol. The molecule has 3 heterocycles. The van der Waals surface area contributed by atoms with Gasteiger partial charge in [0.1, 0.15) is 5.82 Å². The Morgan fingerprint density at radius 2 is 1.85 bits per heavy atom. The van der Waals surface area contributed by atoms with Gasteiger partial charge in [0.2, 0.25) is 5.95 Å². The molecule has 6 nitrogen and oxygen atoms in total. The number of carbonyl (C=O) groups is 1. The van der Waals surface area contributed by atoms with Gasteiger partial charge in [0.25, 0.3) is 5.91 Å². The third kappa shape index (κ3) is 3.46. The summed E-state index contributed by atoms with van der Waals surface area (Å²) in [7, 11) is 3.98. The van der Waals surface area contributed by atoms with E-state index in [1.54, 1.807) is 12.1 Å². The molecule has 2 aliphatic rings. The number of nitrogens with zero attached hydrogens (tertiary/aromatic N) is 5. The molecule has 0 unspecified atom stereocenters. The number of amides is 1. The van der Waals surface area contributed by atoms with Crippen LogP contribution in [0.15, 0.2) is 24.3 Å². The molecule has 0 aliphatic carbocycles. The summed E-state index contributed by atoms with van der Waals surface area (Å²) in [6.07, 6.45) is 3.12. The number of anilines is 2. The zero-order chi connectivity index (χ0) is 19.0.